The van der Waals surface area contributed by atoms with Gasteiger partial charge in [0.25, 0.3) is 0 Å². The molecule has 2 aliphatic rings. The second-order valence-corrected chi connectivity index (χ2v) is 6.59. The lowest BCUT2D eigenvalue weighted by Crippen LogP contribution is -2.52. The van der Waals surface area contributed by atoms with Gasteiger partial charge in [0.1, 0.15) is 0 Å². The smallest absolute Gasteiger partial charge is 0.0132 e. The monoisotopic (exact) mass is 210 g/mol. The Labute approximate surface area is 94.2 Å². The van der Waals surface area contributed by atoms with Crippen molar-refractivity contribution >= 4 is 0 Å². The Bertz CT molecular complexity index is 231. The average molecular weight is 210 g/mol. The van der Waals surface area contributed by atoms with Crippen molar-refractivity contribution in [3.8, 4) is 0 Å². The lowest BCUT2D eigenvalue weighted by atomic mass is 9.66. The molecule has 2 N–H and O–H groups in total. The SMILES string of the molecule is CN1C2CCC1C(C(C)(C)C)C(CN)C2. The Hall–Kier alpha value is -0.0800. The standard InChI is InChI=1S/C13H26N2/c1-13(2,3)12-9(8-14)7-10-5-6-11(12)15(10)4/h9-12H,5-8,14H2,1-4H3. The van der Waals surface area contributed by atoms with E-state index in [1.807, 2.05) is 0 Å². The third kappa shape index (κ3) is 1.83. The van der Waals surface area contributed by atoms with E-state index in [1.165, 1.54) is 19.3 Å². The van der Waals surface area contributed by atoms with Crippen molar-refractivity contribution in [1.82, 2.24) is 4.90 Å². The van der Waals surface area contributed by atoms with E-state index in [4.69, 9.17) is 5.73 Å². The number of hydrogen-bond acceptors (Lipinski definition) is 2. The molecule has 0 aliphatic carbocycles. The normalized spacial score (nSPS) is 42.2. The Kier molecular flexibility index (Phi) is 2.85. The molecule has 4 unspecified atom stereocenters. The number of nitrogens with zero attached hydrogens (tertiary/aromatic N) is 1. The predicted octanol–water partition coefficient (Wildman–Crippen LogP) is 2.09. The van der Waals surface area contributed by atoms with Crippen LogP contribution in [0.2, 0.25) is 0 Å². The van der Waals surface area contributed by atoms with E-state index in [-0.39, 0.29) is 0 Å². The van der Waals surface area contributed by atoms with Gasteiger partial charge in [-0.05, 0) is 50.1 Å². The van der Waals surface area contributed by atoms with Crippen LogP contribution in [0.3, 0.4) is 0 Å². The maximum absolute atomic E-state index is 5.97. The Morgan fingerprint density at radius 3 is 2.47 bits per heavy atom. The van der Waals surface area contributed by atoms with E-state index in [1.54, 1.807) is 0 Å². The van der Waals surface area contributed by atoms with E-state index in [2.05, 4.69) is 32.7 Å². The number of piperidine rings is 1. The fourth-order valence-corrected chi connectivity index (χ4v) is 4.10. The molecule has 2 bridgehead atoms. The molecule has 88 valence electrons. The van der Waals surface area contributed by atoms with Gasteiger partial charge in [-0.1, -0.05) is 20.8 Å². The van der Waals surface area contributed by atoms with Crippen molar-refractivity contribution in [3.63, 3.8) is 0 Å². The van der Waals surface area contributed by atoms with Crippen LogP contribution in [0.5, 0.6) is 0 Å². The van der Waals surface area contributed by atoms with Gasteiger partial charge in [0.05, 0.1) is 0 Å². The second-order valence-electron chi connectivity index (χ2n) is 6.59. The molecule has 0 saturated carbocycles. The number of hydrogen-bond donors (Lipinski definition) is 1. The third-order valence-electron chi connectivity index (χ3n) is 4.69. The first-order valence-electron chi connectivity index (χ1n) is 6.37. The zero-order valence-corrected chi connectivity index (χ0v) is 10.7. The molecular weight excluding hydrogens is 184 g/mol. The molecular formula is C13H26N2. The molecule has 2 heterocycles. The van der Waals surface area contributed by atoms with E-state index < -0.39 is 0 Å². The Morgan fingerprint density at radius 1 is 1.27 bits per heavy atom. The first-order valence-corrected chi connectivity index (χ1v) is 6.37. The first kappa shape index (κ1) is 11.4. The van der Waals surface area contributed by atoms with Gasteiger partial charge in [0.2, 0.25) is 0 Å². The van der Waals surface area contributed by atoms with Crippen LogP contribution in [0.4, 0.5) is 0 Å². The molecule has 0 aromatic rings. The molecule has 2 saturated heterocycles. The molecule has 2 heteroatoms. The zero-order valence-electron chi connectivity index (χ0n) is 10.7. The third-order valence-corrected chi connectivity index (χ3v) is 4.69. The van der Waals surface area contributed by atoms with E-state index in [0.717, 1.165) is 30.5 Å². The van der Waals surface area contributed by atoms with E-state index in [0.29, 0.717) is 5.41 Å². The summed E-state index contributed by atoms with van der Waals surface area (Å²) in [4.78, 5) is 2.63. The predicted molar refractivity (Wildman–Crippen MR) is 64.7 cm³/mol. The minimum Gasteiger partial charge on any atom is -0.330 e. The molecule has 2 aliphatic heterocycles. The van der Waals surface area contributed by atoms with Gasteiger partial charge in [0, 0.05) is 12.1 Å². The van der Waals surface area contributed by atoms with Crippen LogP contribution >= 0.6 is 0 Å². The van der Waals surface area contributed by atoms with Gasteiger partial charge in [-0.3, -0.25) is 0 Å². The number of rotatable bonds is 1. The maximum atomic E-state index is 5.97. The molecule has 0 amide bonds. The van der Waals surface area contributed by atoms with Crippen LogP contribution < -0.4 is 5.73 Å². The van der Waals surface area contributed by atoms with Gasteiger partial charge < -0.3 is 10.6 Å². The Morgan fingerprint density at radius 2 is 1.93 bits per heavy atom. The molecule has 2 nitrogen and oxygen atoms in total. The van der Waals surface area contributed by atoms with E-state index >= 15 is 0 Å². The topological polar surface area (TPSA) is 29.3 Å². The maximum Gasteiger partial charge on any atom is 0.0132 e. The highest BCUT2D eigenvalue weighted by molar-refractivity contribution is 5.02. The summed E-state index contributed by atoms with van der Waals surface area (Å²) >= 11 is 0. The molecule has 0 aromatic carbocycles. The molecule has 0 radical (unpaired) electrons. The van der Waals surface area contributed by atoms with Crippen LogP contribution in [0.15, 0.2) is 0 Å². The van der Waals surface area contributed by atoms with Crippen molar-refractivity contribution in [3.05, 3.63) is 0 Å². The first-order chi connectivity index (χ1) is 6.95. The average Bonchev–Trinajstić information content (AvgIpc) is 2.38. The summed E-state index contributed by atoms with van der Waals surface area (Å²) in [5.41, 5.74) is 6.37. The van der Waals surface area contributed by atoms with Crippen LogP contribution in [-0.4, -0.2) is 30.6 Å². The van der Waals surface area contributed by atoms with Crippen molar-refractivity contribution < 1.29 is 0 Å². The van der Waals surface area contributed by atoms with Gasteiger partial charge in [-0.25, -0.2) is 0 Å². The highest BCUT2D eigenvalue weighted by atomic mass is 15.2. The van der Waals surface area contributed by atoms with Gasteiger partial charge in [0.15, 0.2) is 0 Å². The fraction of sp³-hybridized carbons (Fsp3) is 1.00. The van der Waals surface area contributed by atoms with Crippen molar-refractivity contribution in [2.75, 3.05) is 13.6 Å². The minimum atomic E-state index is 0.401. The van der Waals surface area contributed by atoms with Crippen molar-refractivity contribution in [2.45, 2.75) is 52.1 Å². The minimum absolute atomic E-state index is 0.401. The lowest BCUT2D eigenvalue weighted by molar-refractivity contribution is 0.00688. The van der Waals surface area contributed by atoms with Gasteiger partial charge in [-0.2, -0.15) is 0 Å². The molecule has 15 heavy (non-hydrogen) atoms. The van der Waals surface area contributed by atoms with Crippen LogP contribution in [0.1, 0.15) is 40.0 Å². The van der Waals surface area contributed by atoms with Crippen molar-refractivity contribution in [2.24, 2.45) is 23.0 Å². The summed E-state index contributed by atoms with van der Waals surface area (Å²) in [6.07, 6.45) is 4.11. The Balaban J connectivity index is 2.24. The zero-order chi connectivity index (χ0) is 11.2. The summed E-state index contributed by atoms with van der Waals surface area (Å²) in [5.74, 6) is 1.53. The van der Waals surface area contributed by atoms with Crippen LogP contribution in [0, 0.1) is 17.3 Å². The quantitative estimate of drug-likeness (QED) is 0.718. The molecule has 0 spiro atoms. The van der Waals surface area contributed by atoms with Crippen LogP contribution in [-0.2, 0) is 0 Å². The molecule has 4 atom stereocenters. The van der Waals surface area contributed by atoms with Gasteiger partial charge in [-0.15, -0.1) is 0 Å². The number of nitrogens with two attached hydrogens (primary N) is 1. The summed E-state index contributed by atoms with van der Waals surface area (Å²) in [7, 11) is 2.31. The molecule has 0 aromatic heterocycles. The lowest BCUT2D eigenvalue weighted by Gasteiger charge is -2.48. The summed E-state index contributed by atoms with van der Waals surface area (Å²) in [6.45, 7) is 8.02. The van der Waals surface area contributed by atoms with Gasteiger partial charge >= 0.3 is 0 Å². The number of fused-ring (bicyclic) bond motifs is 2. The summed E-state index contributed by atoms with van der Waals surface area (Å²) in [5, 5.41) is 0. The molecule has 2 rings (SSSR count). The summed E-state index contributed by atoms with van der Waals surface area (Å²) < 4.78 is 0. The summed E-state index contributed by atoms with van der Waals surface area (Å²) in [6, 6.07) is 1.61. The van der Waals surface area contributed by atoms with Crippen LogP contribution in [0.25, 0.3) is 0 Å². The fourth-order valence-electron chi connectivity index (χ4n) is 4.10. The highest BCUT2D eigenvalue weighted by Crippen LogP contribution is 2.48. The largest absolute Gasteiger partial charge is 0.330 e. The van der Waals surface area contributed by atoms with Crippen molar-refractivity contribution in [1.29, 1.82) is 0 Å². The molecule has 2 fully saturated rings. The highest BCUT2D eigenvalue weighted by Gasteiger charge is 2.48. The second kappa shape index (κ2) is 3.74. The van der Waals surface area contributed by atoms with E-state index in [9.17, 15) is 0 Å².